The first-order valence-electron chi connectivity index (χ1n) is 7.94. The highest BCUT2D eigenvalue weighted by molar-refractivity contribution is 5.87. The summed E-state index contributed by atoms with van der Waals surface area (Å²) in [7, 11) is 1.36. The predicted octanol–water partition coefficient (Wildman–Crippen LogP) is 1.25. The quantitative estimate of drug-likeness (QED) is 0.813. The standard InChI is InChI=1S/C17H19N3O5/c1-24-16(23)17(5-7-25-8-6-17)14-11-20(19-18-14)10-12-3-2-4-13(9-12)15(21)22/h2-4,9,11H,5-8,10H2,1H3,(H,21,22). The van der Waals surface area contributed by atoms with E-state index in [2.05, 4.69) is 10.3 Å². The Bertz CT molecular complexity index is 780. The molecule has 0 bridgehead atoms. The minimum Gasteiger partial charge on any atom is -0.478 e. The summed E-state index contributed by atoms with van der Waals surface area (Å²) in [6.07, 6.45) is 2.70. The molecule has 1 saturated heterocycles. The summed E-state index contributed by atoms with van der Waals surface area (Å²) in [5.74, 6) is -1.32. The number of aromatic nitrogens is 3. The van der Waals surface area contributed by atoms with E-state index in [1.807, 2.05) is 6.07 Å². The van der Waals surface area contributed by atoms with Crippen LogP contribution in [0, 0.1) is 0 Å². The van der Waals surface area contributed by atoms with Gasteiger partial charge in [0.1, 0.15) is 11.1 Å². The number of carbonyl (C=O) groups is 2. The molecule has 2 heterocycles. The number of carbonyl (C=O) groups excluding carboxylic acids is 1. The summed E-state index contributed by atoms with van der Waals surface area (Å²) in [6, 6.07) is 6.63. The lowest BCUT2D eigenvalue weighted by molar-refractivity contribution is -0.151. The summed E-state index contributed by atoms with van der Waals surface area (Å²) >= 11 is 0. The van der Waals surface area contributed by atoms with Crippen LogP contribution in [0.25, 0.3) is 0 Å². The van der Waals surface area contributed by atoms with Crippen molar-refractivity contribution in [3.8, 4) is 0 Å². The molecule has 0 amide bonds. The molecule has 0 radical (unpaired) electrons. The molecule has 1 aromatic heterocycles. The molecule has 0 saturated carbocycles. The topological polar surface area (TPSA) is 104 Å². The maximum absolute atomic E-state index is 12.4. The van der Waals surface area contributed by atoms with E-state index in [4.69, 9.17) is 14.6 Å². The molecule has 2 aromatic rings. The number of carboxylic acids is 1. The zero-order chi connectivity index (χ0) is 17.9. The van der Waals surface area contributed by atoms with Crippen LogP contribution < -0.4 is 0 Å². The summed E-state index contributed by atoms with van der Waals surface area (Å²) in [4.78, 5) is 23.4. The highest BCUT2D eigenvalue weighted by atomic mass is 16.5. The molecule has 8 nitrogen and oxygen atoms in total. The molecule has 3 rings (SSSR count). The number of benzene rings is 1. The highest BCUT2D eigenvalue weighted by Gasteiger charge is 2.45. The molecule has 0 atom stereocenters. The van der Waals surface area contributed by atoms with Gasteiger partial charge in [-0.15, -0.1) is 5.10 Å². The first-order valence-corrected chi connectivity index (χ1v) is 7.94. The molecule has 1 fully saturated rings. The predicted molar refractivity (Wildman–Crippen MR) is 86.3 cm³/mol. The number of hydrogen-bond donors (Lipinski definition) is 1. The van der Waals surface area contributed by atoms with Gasteiger partial charge in [-0.2, -0.15) is 0 Å². The maximum Gasteiger partial charge on any atom is 0.335 e. The van der Waals surface area contributed by atoms with Crippen molar-refractivity contribution < 1.29 is 24.2 Å². The molecule has 0 spiro atoms. The summed E-state index contributed by atoms with van der Waals surface area (Å²) < 4.78 is 11.9. The van der Waals surface area contributed by atoms with E-state index in [9.17, 15) is 9.59 Å². The molecular weight excluding hydrogens is 326 g/mol. The number of aromatic carboxylic acids is 1. The Labute approximate surface area is 144 Å². The van der Waals surface area contributed by atoms with E-state index in [-0.39, 0.29) is 11.5 Å². The molecule has 0 unspecified atom stereocenters. The number of rotatable bonds is 5. The van der Waals surface area contributed by atoms with Gasteiger partial charge in [0.15, 0.2) is 0 Å². The van der Waals surface area contributed by atoms with Crippen molar-refractivity contribution in [2.45, 2.75) is 24.8 Å². The number of esters is 1. The van der Waals surface area contributed by atoms with Crippen LogP contribution in [0.2, 0.25) is 0 Å². The average Bonchev–Trinajstić information content (AvgIpc) is 3.10. The van der Waals surface area contributed by atoms with Crippen molar-refractivity contribution in [1.29, 1.82) is 0 Å². The molecule has 1 aliphatic rings. The zero-order valence-corrected chi connectivity index (χ0v) is 13.8. The number of methoxy groups -OCH3 is 1. The van der Waals surface area contributed by atoms with Gasteiger partial charge in [-0.3, -0.25) is 4.79 Å². The van der Waals surface area contributed by atoms with Gasteiger partial charge in [0.25, 0.3) is 0 Å². The van der Waals surface area contributed by atoms with E-state index < -0.39 is 11.4 Å². The van der Waals surface area contributed by atoms with Gasteiger partial charge in [0, 0.05) is 19.4 Å². The van der Waals surface area contributed by atoms with E-state index in [1.54, 1.807) is 23.0 Å². The second-order valence-corrected chi connectivity index (χ2v) is 5.99. The van der Waals surface area contributed by atoms with Crippen LogP contribution in [0.5, 0.6) is 0 Å². The molecular formula is C17H19N3O5. The van der Waals surface area contributed by atoms with Gasteiger partial charge in [0.05, 0.1) is 19.2 Å². The van der Waals surface area contributed by atoms with Gasteiger partial charge < -0.3 is 14.6 Å². The van der Waals surface area contributed by atoms with Crippen LogP contribution >= 0.6 is 0 Å². The fraction of sp³-hybridized carbons (Fsp3) is 0.412. The largest absolute Gasteiger partial charge is 0.478 e. The molecule has 1 aliphatic heterocycles. The monoisotopic (exact) mass is 345 g/mol. The summed E-state index contributed by atoms with van der Waals surface area (Å²) in [5.41, 5.74) is 0.717. The first-order chi connectivity index (χ1) is 12.0. The van der Waals surface area contributed by atoms with Gasteiger partial charge >= 0.3 is 11.9 Å². The van der Waals surface area contributed by atoms with E-state index >= 15 is 0 Å². The van der Waals surface area contributed by atoms with Gasteiger partial charge in [0.2, 0.25) is 0 Å². The minimum atomic E-state index is -0.979. The number of ether oxygens (including phenoxy) is 2. The number of carboxylic acid groups (broad SMARTS) is 1. The lowest BCUT2D eigenvalue weighted by Gasteiger charge is -2.32. The van der Waals surface area contributed by atoms with Crippen molar-refractivity contribution in [1.82, 2.24) is 15.0 Å². The Hall–Kier alpha value is -2.74. The van der Waals surface area contributed by atoms with Crippen molar-refractivity contribution in [3.63, 3.8) is 0 Å². The smallest absolute Gasteiger partial charge is 0.335 e. The molecule has 1 aromatic carbocycles. The lowest BCUT2D eigenvalue weighted by atomic mass is 9.77. The minimum absolute atomic E-state index is 0.216. The molecule has 25 heavy (non-hydrogen) atoms. The van der Waals surface area contributed by atoms with E-state index in [0.717, 1.165) is 5.56 Å². The van der Waals surface area contributed by atoms with Crippen LogP contribution in [0.1, 0.15) is 34.5 Å². The van der Waals surface area contributed by atoms with Crippen molar-refractivity contribution in [3.05, 3.63) is 47.3 Å². The Morgan fingerprint density at radius 1 is 1.36 bits per heavy atom. The first kappa shape index (κ1) is 17.1. The van der Waals surface area contributed by atoms with Gasteiger partial charge in [-0.25, -0.2) is 9.48 Å². The SMILES string of the molecule is COC(=O)C1(c2cn(Cc3cccc(C(=O)O)c3)nn2)CCOCC1. The van der Waals surface area contributed by atoms with Crippen LogP contribution in [0.15, 0.2) is 30.5 Å². The Balaban J connectivity index is 1.85. The van der Waals surface area contributed by atoms with Crippen LogP contribution in [0.4, 0.5) is 0 Å². The van der Waals surface area contributed by atoms with E-state index in [0.29, 0.717) is 38.3 Å². The van der Waals surface area contributed by atoms with Crippen LogP contribution in [-0.2, 0) is 26.2 Å². The number of nitrogens with zero attached hydrogens (tertiary/aromatic N) is 3. The van der Waals surface area contributed by atoms with Crippen LogP contribution in [0.3, 0.4) is 0 Å². The zero-order valence-electron chi connectivity index (χ0n) is 13.8. The number of hydrogen-bond acceptors (Lipinski definition) is 6. The van der Waals surface area contributed by atoms with Crippen molar-refractivity contribution >= 4 is 11.9 Å². The van der Waals surface area contributed by atoms with Crippen molar-refractivity contribution in [2.24, 2.45) is 0 Å². The third-order valence-electron chi connectivity index (χ3n) is 4.47. The Kier molecular flexibility index (Phi) is 4.80. The summed E-state index contributed by atoms with van der Waals surface area (Å²) in [5, 5.41) is 17.3. The molecule has 1 N–H and O–H groups in total. The molecule has 0 aliphatic carbocycles. The average molecular weight is 345 g/mol. The van der Waals surface area contributed by atoms with Gasteiger partial charge in [-0.1, -0.05) is 17.3 Å². The maximum atomic E-state index is 12.4. The van der Waals surface area contributed by atoms with Crippen LogP contribution in [-0.4, -0.2) is 52.4 Å². The Morgan fingerprint density at radius 3 is 2.80 bits per heavy atom. The fourth-order valence-electron chi connectivity index (χ4n) is 3.06. The second kappa shape index (κ2) is 7.02. The highest BCUT2D eigenvalue weighted by Crippen LogP contribution is 2.34. The van der Waals surface area contributed by atoms with E-state index in [1.165, 1.54) is 13.2 Å². The normalized spacial score (nSPS) is 16.4. The third kappa shape index (κ3) is 3.39. The molecule has 132 valence electrons. The van der Waals surface area contributed by atoms with Gasteiger partial charge in [-0.05, 0) is 30.5 Å². The van der Waals surface area contributed by atoms with Crippen molar-refractivity contribution in [2.75, 3.05) is 20.3 Å². The fourth-order valence-corrected chi connectivity index (χ4v) is 3.06. The molecule has 8 heteroatoms. The third-order valence-corrected chi connectivity index (χ3v) is 4.47. The lowest BCUT2D eigenvalue weighted by Crippen LogP contribution is -2.42. The Morgan fingerprint density at radius 2 is 2.12 bits per heavy atom. The summed E-state index contributed by atoms with van der Waals surface area (Å²) in [6.45, 7) is 1.28. The second-order valence-electron chi connectivity index (χ2n) is 5.99.